The van der Waals surface area contributed by atoms with E-state index in [9.17, 15) is 18.4 Å². The normalized spacial score (nSPS) is 21.5. The van der Waals surface area contributed by atoms with Crippen LogP contribution in [0.25, 0.3) is 0 Å². The Morgan fingerprint density at radius 1 is 1.30 bits per heavy atom. The molecule has 0 spiro atoms. The molecule has 1 saturated heterocycles. The van der Waals surface area contributed by atoms with Crippen LogP contribution in [0.5, 0.6) is 0 Å². The van der Waals surface area contributed by atoms with Crippen LogP contribution >= 0.6 is 0 Å². The number of ether oxygens (including phenoxy) is 1. The minimum Gasteiger partial charge on any atom is -0.481 e. The smallest absolute Gasteiger partial charge is 0.319 e. The predicted octanol–water partition coefficient (Wildman–Crippen LogP) is 1.19. The lowest BCUT2D eigenvalue weighted by Crippen LogP contribution is -2.44. The molecule has 1 aliphatic rings. The average Bonchev–Trinajstić information content (AvgIpc) is 2.82. The van der Waals surface area contributed by atoms with E-state index in [4.69, 9.17) is 9.84 Å². The summed E-state index contributed by atoms with van der Waals surface area (Å²) in [7, 11) is 0. The molecule has 108 valence electrons. The molecule has 8 heteroatoms. The van der Waals surface area contributed by atoms with Crippen LogP contribution in [-0.2, 0) is 9.53 Å². The molecule has 0 aliphatic carbocycles. The second-order valence-corrected chi connectivity index (χ2v) is 4.31. The number of carboxylic acids is 1. The summed E-state index contributed by atoms with van der Waals surface area (Å²) in [6.07, 6.45) is 0. The maximum atomic E-state index is 13.3. The van der Waals surface area contributed by atoms with Crippen LogP contribution in [0.1, 0.15) is 0 Å². The first-order chi connectivity index (χ1) is 9.47. The molecule has 0 saturated carbocycles. The summed E-state index contributed by atoms with van der Waals surface area (Å²) in [5.74, 6) is -3.45. The van der Waals surface area contributed by atoms with Crippen molar-refractivity contribution in [3.05, 3.63) is 29.8 Å². The van der Waals surface area contributed by atoms with Crippen LogP contribution in [0, 0.1) is 17.6 Å². The summed E-state index contributed by atoms with van der Waals surface area (Å²) in [4.78, 5) is 22.5. The summed E-state index contributed by atoms with van der Waals surface area (Å²) in [6, 6.07) is 1.09. The maximum absolute atomic E-state index is 13.3. The Balaban J connectivity index is 1.99. The molecule has 2 amide bonds. The van der Waals surface area contributed by atoms with Crippen LogP contribution < -0.4 is 10.6 Å². The van der Waals surface area contributed by atoms with E-state index < -0.39 is 35.6 Å². The van der Waals surface area contributed by atoms with Gasteiger partial charge in [-0.3, -0.25) is 4.79 Å². The van der Waals surface area contributed by atoms with Crippen LogP contribution in [0.4, 0.5) is 19.3 Å². The van der Waals surface area contributed by atoms with Crippen LogP contribution in [0.3, 0.4) is 0 Å². The highest BCUT2D eigenvalue weighted by molar-refractivity contribution is 5.90. The Hall–Kier alpha value is -2.22. The van der Waals surface area contributed by atoms with Gasteiger partial charge in [-0.2, -0.15) is 0 Å². The van der Waals surface area contributed by atoms with Gasteiger partial charge >= 0.3 is 12.0 Å². The number of hydrogen-bond acceptors (Lipinski definition) is 3. The van der Waals surface area contributed by atoms with Crippen molar-refractivity contribution in [2.75, 3.05) is 18.5 Å². The van der Waals surface area contributed by atoms with Gasteiger partial charge in [0.05, 0.1) is 24.9 Å². The molecule has 0 aromatic heterocycles. The Labute approximate surface area is 112 Å². The highest BCUT2D eigenvalue weighted by Gasteiger charge is 2.35. The predicted molar refractivity (Wildman–Crippen MR) is 64.2 cm³/mol. The fourth-order valence-corrected chi connectivity index (χ4v) is 1.86. The molecule has 1 fully saturated rings. The lowest BCUT2D eigenvalue weighted by molar-refractivity contribution is -0.142. The Bertz CT molecular complexity index is 538. The first-order valence-corrected chi connectivity index (χ1v) is 5.80. The fourth-order valence-electron chi connectivity index (χ4n) is 1.86. The number of aliphatic carboxylic acids is 1. The molecular formula is C12H12F2N2O4. The number of anilines is 1. The molecule has 1 heterocycles. The monoisotopic (exact) mass is 286 g/mol. The molecule has 6 nitrogen and oxygen atoms in total. The van der Waals surface area contributed by atoms with Crippen molar-refractivity contribution in [2.45, 2.75) is 6.04 Å². The number of halogens is 2. The molecule has 2 unspecified atom stereocenters. The van der Waals surface area contributed by atoms with Crippen LogP contribution in [-0.4, -0.2) is 36.4 Å². The second-order valence-electron chi connectivity index (χ2n) is 4.31. The van der Waals surface area contributed by atoms with E-state index in [0.29, 0.717) is 0 Å². The van der Waals surface area contributed by atoms with Crippen molar-refractivity contribution in [3.8, 4) is 0 Å². The van der Waals surface area contributed by atoms with Crippen molar-refractivity contribution >= 4 is 17.7 Å². The minimum atomic E-state index is -1.09. The van der Waals surface area contributed by atoms with E-state index in [1.54, 1.807) is 0 Å². The standard InChI is InChI=1S/C12H12F2N2O4/c13-6-1-2-8(14)9(3-6)15-12(19)16-10-5-20-4-7(10)11(17)18/h1-3,7,10H,4-5H2,(H,17,18)(H2,15,16,19). The van der Waals surface area contributed by atoms with E-state index in [1.807, 2.05) is 0 Å². The van der Waals surface area contributed by atoms with Gasteiger partial charge < -0.3 is 20.5 Å². The third kappa shape index (κ3) is 3.21. The number of rotatable bonds is 3. The summed E-state index contributed by atoms with van der Waals surface area (Å²) >= 11 is 0. The van der Waals surface area contributed by atoms with Gasteiger partial charge in [-0.15, -0.1) is 0 Å². The van der Waals surface area contributed by atoms with Crippen molar-refractivity contribution in [3.63, 3.8) is 0 Å². The first-order valence-electron chi connectivity index (χ1n) is 5.80. The van der Waals surface area contributed by atoms with Crippen molar-refractivity contribution in [1.82, 2.24) is 5.32 Å². The molecule has 0 bridgehead atoms. The second kappa shape index (κ2) is 5.83. The minimum absolute atomic E-state index is 0.00535. The van der Waals surface area contributed by atoms with Crippen LogP contribution in [0.2, 0.25) is 0 Å². The quantitative estimate of drug-likeness (QED) is 0.778. The molecule has 1 aliphatic heterocycles. The van der Waals surface area contributed by atoms with Crippen molar-refractivity contribution < 1.29 is 28.2 Å². The van der Waals surface area contributed by atoms with E-state index in [-0.39, 0.29) is 18.9 Å². The van der Waals surface area contributed by atoms with Crippen molar-refractivity contribution in [1.29, 1.82) is 0 Å². The first kappa shape index (κ1) is 14.2. The summed E-state index contributed by atoms with van der Waals surface area (Å²) in [6.45, 7) is 0.0463. The molecule has 3 N–H and O–H groups in total. The number of nitrogens with one attached hydrogen (secondary N) is 2. The number of urea groups is 1. The summed E-state index contributed by atoms with van der Waals surface area (Å²) < 4.78 is 31.2. The topological polar surface area (TPSA) is 87.7 Å². The zero-order valence-corrected chi connectivity index (χ0v) is 10.2. The number of carboxylic acid groups (broad SMARTS) is 1. The van der Waals surface area contributed by atoms with E-state index in [1.165, 1.54) is 0 Å². The zero-order valence-electron chi connectivity index (χ0n) is 10.2. The van der Waals surface area contributed by atoms with Gasteiger partial charge in [0, 0.05) is 6.07 Å². The fraction of sp³-hybridized carbons (Fsp3) is 0.333. The zero-order chi connectivity index (χ0) is 14.7. The Morgan fingerprint density at radius 2 is 2.05 bits per heavy atom. The molecule has 2 rings (SSSR count). The maximum Gasteiger partial charge on any atom is 0.319 e. The SMILES string of the molecule is O=C(Nc1cc(F)ccc1F)NC1COCC1C(=O)O. The molecular weight excluding hydrogens is 274 g/mol. The highest BCUT2D eigenvalue weighted by Crippen LogP contribution is 2.17. The van der Waals surface area contributed by atoms with Gasteiger partial charge in [0.25, 0.3) is 0 Å². The van der Waals surface area contributed by atoms with Crippen LogP contribution in [0.15, 0.2) is 18.2 Å². The lowest BCUT2D eigenvalue weighted by atomic mass is 10.0. The van der Waals surface area contributed by atoms with Gasteiger partial charge in [0.1, 0.15) is 17.6 Å². The van der Waals surface area contributed by atoms with Gasteiger partial charge in [-0.1, -0.05) is 0 Å². The van der Waals surface area contributed by atoms with E-state index in [0.717, 1.165) is 18.2 Å². The summed E-state index contributed by atoms with van der Waals surface area (Å²) in [5.41, 5.74) is -0.326. The number of benzene rings is 1. The Morgan fingerprint density at radius 3 is 2.75 bits per heavy atom. The number of amides is 2. The largest absolute Gasteiger partial charge is 0.481 e. The third-order valence-corrected chi connectivity index (χ3v) is 2.89. The average molecular weight is 286 g/mol. The molecule has 2 atom stereocenters. The molecule has 0 radical (unpaired) electrons. The molecule has 1 aromatic rings. The summed E-state index contributed by atoms with van der Waals surface area (Å²) in [5, 5.41) is 13.4. The number of hydrogen-bond donors (Lipinski definition) is 3. The van der Waals surface area contributed by atoms with Gasteiger partial charge in [-0.05, 0) is 12.1 Å². The lowest BCUT2D eigenvalue weighted by Gasteiger charge is -2.16. The van der Waals surface area contributed by atoms with Gasteiger partial charge in [-0.25, -0.2) is 13.6 Å². The van der Waals surface area contributed by atoms with Gasteiger partial charge in [0.2, 0.25) is 0 Å². The molecule has 20 heavy (non-hydrogen) atoms. The molecule has 1 aromatic carbocycles. The highest BCUT2D eigenvalue weighted by atomic mass is 19.1. The van der Waals surface area contributed by atoms with E-state index >= 15 is 0 Å². The Kier molecular flexibility index (Phi) is 4.14. The number of carbonyl (C=O) groups is 2. The third-order valence-electron chi connectivity index (χ3n) is 2.89. The number of carbonyl (C=O) groups excluding carboxylic acids is 1. The van der Waals surface area contributed by atoms with Crippen molar-refractivity contribution in [2.24, 2.45) is 5.92 Å². The van der Waals surface area contributed by atoms with Gasteiger partial charge in [0.15, 0.2) is 0 Å². The van der Waals surface area contributed by atoms with E-state index in [2.05, 4.69) is 10.6 Å².